The number of benzene rings is 1. The van der Waals surface area contributed by atoms with Gasteiger partial charge in [0.05, 0.1) is 20.2 Å². The average Bonchev–Trinajstić information content (AvgIpc) is 2.61. The van der Waals surface area contributed by atoms with E-state index in [2.05, 4.69) is 30.9 Å². The minimum Gasteiger partial charge on any atom is -0.497 e. The van der Waals surface area contributed by atoms with Crippen LogP contribution in [0.5, 0.6) is 5.75 Å². The molecule has 2 N–H and O–H groups in total. The SMILES string of the molecule is COc1ccc(CN2CCN(C(=O)CN(CC(N)=O)CC(C)C)CC2)cc1. The van der Waals surface area contributed by atoms with Crippen LogP contribution in [0, 0.1) is 5.92 Å². The summed E-state index contributed by atoms with van der Waals surface area (Å²) in [6.07, 6.45) is 0. The molecular weight excluding hydrogens is 344 g/mol. The standard InChI is InChI=1S/C20H32N4O3/c1-16(2)12-23(14-19(21)25)15-20(26)24-10-8-22(9-11-24)13-17-4-6-18(27-3)7-5-17/h4-7,16H,8-15H2,1-3H3,(H2,21,25). The van der Waals surface area contributed by atoms with Crippen molar-refractivity contribution in [1.29, 1.82) is 0 Å². The van der Waals surface area contributed by atoms with E-state index in [-0.39, 0.29) is 19.0 Å². The number of hydrogen-bond acceptors (Lipinski definition) is 5. The zero-order valence-electron chi connectivity index (χ0n) is 16.7. The third-order valence-corrected chi connectivity index (χ3v) is 4.65. The van der Waals surface area contributed by atoms with Crippen molar-refractivity contribution in [3.63, 3.8) is 0 Å². The summed E-state index contributed by atoms with van der Waals surface area (Å²) in [6.45, 7) is 9.17. The van der Waals surface area contributed by atoms with Crippen LogP contribution < -0.4 is 10.5 Å². The molecule has 1 fully saturated rings. The zero-order valence-corrected chi connectivity index (χ0v) is 16.7. The summed E-state index contributed by atoms with van der Waals surface area (Å²) >= 11 is 0. The lowest BCUT2D eigenvalue weighted by Crippen LogP contribution is -2.51. The van der Waals surface area contributed by atoms with Crippen LogP contribution in [0.4, 0.5) is 0 Å². The molecule has 7 heteroatoms. The van der Waals surface area contributed by atoms with Crippen LogP contribution in [0.1, 0.15) is 19.4 Å². The largest absolute Gasteiger partial charge is 0.497 e. The molecule has 0 saturated carbocycles. The molecule has 1 aliphatic heterocycles. The smallest absolute Gasteiger partial charge is 0.236 e. The van der Waals surface area contributed by atoms with Crippen molar-refractivity contribution in [2.75, 3.05) is 52.9 Å². The Hall–Kier alpha value is -2.12. The van der Waals surface area contributed by atoms with Gasteiger partial charge in [-0.2, -0.15) is 0 Å². The second kappa shape index (κ2) is 10.3. The lowest BCUT2D eigenvalue weighted by Gasteiger charge is -2.36. The fraction of sp³-hybridized carbons (Fsp3) is 0.600. The number of nitrogens with two attached hydrogens (primary N) is 1. The van der Waals surface area contributed by atoms with Gasteiger partial charge in [-0.15, -0.1) is 0 Å². The average molecular weight is 377 g/mol. The monoisotopic (exact) mass is 376 g/mol. The summed E-state index contributed by atoms with van der Waals surface area (Å²) in [7, 11) is 1.66. The van der Waals surface area contributed by atoms with Crippen LogP contribution in [0.3, 0.4) is 0 Å². The Bertz CT molecular complexity index is 610. The molecule has 0 aliphatic carbocycles. The van der Waals surface area contributed by atoms with Crippen LogP contribution in [0.15, 0.2) is 24.3 Å². The molecule has 1 aromatic carbocycles. The lowest BCUT2D eigenvalue weighted by atomic mass is 10.2. The maximum Gasteiger partial charge on any atom is 0.236 e. The zero-order chi connectivity index (χ0) is 19.8. The summed E-state index contributed by atoms with van der Waals surface area (Å²) in [5.74, 6) is 0.906. The fourth-order valence-corrected chi connectivity index (χ4v) is 3.36. The van der Waals surface area contributed by atoms with Gasteiger partial charge < -0.3 is 15.4 Å². The number of hydrogen-bond donors (Lipinski definition) is 1. The summed E-state index contributed by atoms with van der Waals surface area (Å²) in [6, 6.07) is 8.09. The maximum absolute atomic E-state index is 12.6. The van der Waals surface area contributed by atoms with Crippen molar-refractivity contribution >= 4 is 11.8 Å². The maximum atomic E-state index is 12.6. The lowest BCUT2D eigenvalue weighted by molar-refractivity contribution is -0.134. The molecular formula is C20H32N4O3. The topological polar surface area (TPSA) is 79.1 Å². The van der Waals surface area contributed by atoms with E-state index in [1.807, 2.05) is 21.9 Å². The van der Waals surface area contributed by atoms with E-state index in [0.29, 0.717) is 25.6 Å². The second-order valence-electron chi connectivity index (χ2n) is 7.53. The predicted molar refractivity (Wildman–Crippen MR) is 105 cm³/mol. The number of primary amides is 1. The Morgan fingerprint density at radius 1 is 1.11 bits per heavy atom. The van der Waals surface area contributed by atoms with Crippen LogP contribution in [0.2, 0.25) is 0 Å². The van der Waals surface area contributed by atoms with Gasteiger partial charge in [0.1, 0.15) is 5.75 Å². The molecule has 2 rings (SSSR count). The molecule has 0 aromatic heterocycles. The minimum absolute atomic E-state index is 0.0704. The van der Waals surface area contributed by atoms with E-state index in [1.54, 1.807) is 7.11 Å². The van der Waals surface area contributed by atoms with E-state index >= 15 is 0 Å². The molecule has 0 bridgehead atoms. The van der Waals surface area contributed by atoms with Crippen molar-refractivity contribution in [3.8, 4) is 5.75 Å². The number of piperazine rings is 1. The minimum atomic E-state index is -0.396. The molecule has 0 spiro atoms. The van der Waals surface area contributed by atoms with E-state index in [4.69, 9.17) is 10.5 Å². The summed E-state index contributed by atoms with van der Waals surface area (Å²) < 4.78 is 5.19. The summed E-state index contributed by atoms with van der Waals surface area (Å²) in [5.41, 5.74) is 6.55. The number of methoxy groups -OCH3 is 1. The first-order valence-corrected chi connectivity index (χ1v) is 9.51. The van der Waals surface area contributed by atoms with Crippen LogP contribution >= 0.6 is 0 Å². The van der Waals surface area contributed by atoms with Gasteiger partial charge in [-0.3, -0.25) is 19.4 Å². The first-order valence-electron chi connectivity index (χ1n) is 9.51. The molecule has 150 valence electrons. The van der Waals surface area contributed by atoms with E-state index in [0.717, 1.165) is 25.4 Å². The Kier molecular flexibility index (Phi) is 8.06. The van der Waals surface area contributed by atoms with Gasteiger partial charge in [0, 0.05) is 39.3 Å². The van der Waals surface area contributed by atoms with Gasteiger partial charge in [-0.25, -0.2) is 0 Å². The van der Waals surface area contributed by atoms with Gasteiger partial charge in [0.25, 0.3) is 0 Å². The van der Waals surface area contributed by atoms with Gasteiger partial charge in [-0.05, 0) is 23.6 Å². The van der Waals surface area contributed by atoms with Crippen LogP contribution in [-0.4, -0.2) is 79.4 Å². The number of nitrogens with zero attached hydrogens (tertiary/aromatic N) is 3. The molecule has 2 amide bonds. The number of amides is 2. The number of carbonyl (C=O) groups excluding carboxylic acids is 2. The third kappa shape index (κ3) is 7.19. The molecule has 1 aromatic rings. The van der Waals surface area contributed by atoms with Crippen molar-refractivity contribution < 1.29 is 14.3 Å². The Labute approximate surface area is 162 Å². The molecule has 7 nitrogen and oxygen atoms in total. The van der Waals surface area contributed by atoms with Crippen LogP contribution in [0.25, 0.3) is 0 Å². The second-order valence-corrected chi connectivity index (χ2v) is 7.53. The first-order chi connectivity index (χ1) is 12.9. The molecule has 1 heterocycles. The third-order valence-electron chi connectivity index (χ3n) is 4.65. The van der Waals surface area contributed by atoms with Gasteiger partial charge in [-0.1, -0.05) is 26.0 Å². The van der Waals surface area contributed by atoms with E-state index in [9.17, 15) is 9.59 Å². The Balaban J connectivity index is 1.80. The summed E-state index contributed by atoms with van der Waals surface area (Å²) in [4.78, 5) is 29.9. The highest BCUT2D eigenvalue weighted by Gasteiger charge is 2.23. The molecule has 0 radical (unpaired) electrons. The van der Waals surface area contributed by atoms with Crippen molar-refractivity contribution in [3.05, 3.63) is 29.8 Å². The Morgan fingerprint density at radius 2 is 1.74 bits per heavy atom. The molecule has 1 saturated heterocycles. The summed E-state index contributed by atoms with van der Waals surface area (Å²) in [5, 5.41) is 0. The quantitative estimate of drug-likeness (QED) is 0.689. The highest BCUT2D eigenvalue weighted by molar-refractivity contribution is 5.80. The number of carbonyl (C=O) groups is 2. The number of rotatable bonds is 9. The van der Waals surface area contributed by atoms with Gasteiger partial charge in [0.15, 0.2) is 0 Å². The molecule has 27 heavy (non-hydrogen) atoms. The fourth-order valence-electron chi connectivity index (χ4n) is 3.36. The predicted octanol–water partition coefficient (Wildman–Crippen LogP) is 0.783. The van der Waals surface area contributed by atoms with Crippen molar-refractivity contribution in [1.82, 2.24) is 14.7 Å². The van der Waals surface area contributed by atoms with Gasteiger partial charge in [0.2, 0.25) is 11.8 Å². The highest BCUT2D eigenvalue weighted by atomic mass is 16.5. The first kappa shape index (κ1) is 21.2. The van der Waals surface area contributed by atoms with Gasteiger partial charge >= 0.3 is 0 Å². The van der Waals surface area contributed by atoms with E-state index in [1.165, 1.54) is 5.56 Å². The molecule has 1 aliphatic rings. The molecule has 0 unspecified atom stereocenters. The van der Waals surface area contributed by atoms with Crippen molar-refractivity contribution in [2.45, 2.75) is 20.4 Å². The Morgan fingerprint density at radius 3 is 2.26 bits per heavy atom. The van der Waals surface area contributed by atoms with E-state index < -0.39 is 5.91 Å². The highest BCUT2D eigenvalue weighted by Crippen LogP contribution is 2.14. The van der Waals surface area contributed by atoms with Crippen LogP contribution in [-0.2, 0) is 16.1 Å². The van der Waals surface area contributed by atoms with Crippen molar-refractivity contribution in [2.24, 2.45) is 11.7 Å². The normalized spacial score (nSPS) is 15.4. The number of ether oxygens (including phenoxy) is 1. The molecule has 0 atom stereocenters.